The lowest BCUT2D eigenvalue weighted by Crippen LogP contribution is -2.41. The first-order chi connectivity index (χ1) is 15.8. The van der Waals surface area contributed by atoms with Gasteiger partial charge in [-0.15, -0.1) is 0 Å². The van der Waals surface area contributed by atoms with Crippen LogP contribution in [-0.4, -0.2) is 48.0 Å². The number of carbonyl (C=O) groups is 2. The minimum atomic E-state index is -0.754. The average molecular weight is 478 g/mol. The molecule has 0 aliphatic carbocycles. The second-order valence-electron chi connectivity index (χ2n) is 9.10. The first-order valence-corrected chi connectivity index (χ1v) is 11.8. The third-order valence-corrected chi connectivity index (χ3v) is 6.78. The van der Waals surface area contributed by atoms with Gasteiger partial charge in [0.2, 0.25) is 0 Å². The van der Waals surface area contributed by atoms with E-state index in [0.717, 1.165) is 36.7 Å². The number of amides is 1. The molecule has 4 rings (SSSR count). The summed E-state index contributed by atoms with van der Waals surface area (Å²) in [7, 11) is 0. The second-order valence-corrected chi connectivity index (χ2v) is 9.54. The van der Waals surface area contributed by atoms with Crippen LogP contribution in [0.2, 0.25) is 5.02 Å². The Hall–Kier alpha value is -2.45. The highest BCUT2D eigenvalue weighted by molar-refractivity contribution is 6.30. The fourth-order valence-electron chi connectivity index (χ4n) is 4.62. The van der Waals surface area contributed by atoms with Crippen LogP contribution in [0.5, 0.6) is 0 Å². The van der Waals surface area contributed by atoms with E-state index in [1.807, 2.05) is 18.5 Å². The monoisotopic (exact) mass is 477 g/mol. The van der Waals surface area contributed by atoms with Gasteiger partial charge < -0.3 is 14.8 Å². The van der Waals surface area contributed by atoms with Crippen LogP contribution < -0.4 is 5.32 Å². The van der Waals surface area contributed by atoms with Gasteiger partial charge in [0, 0.05) is 37.2 Å². The highest BCUT2D eigenvalue weighted by Crippen LogP contribution is 2.37. The van der Waals surface area contributed by atoms with Gasteiger partial charge in [0.25, 0.3) is 5.91 Å². The van der Waals surface area contributed by atoms with Gasteiger partial charge in [0.1, 0.15) is 5.82 Å². The number of ether oxygens (including phenoxy) is 2. The molecule has 33 heavy (non-hydrogen) atoms. The first-order valence-electron chi connectivity index (χ1n) is 11.4. The zero-order valence-corrected chi connectivity index (χ0v) is 19.7. The maximum Gasteiger partial charge on any atom is 0.341 e. The predicted molar refractivity (Wildman–Crippen MR) is 121 cm³/mol. The Morgan fingerprint density at radius 3 is 2.88 bits per heavy atom. The summed E-state index contributed by atoms with van der Waals surface area (Å²) in [6, 6.07) is 3.79. The van der Waals surface area contributed by atoms with Gasteiger partial charge in [-0.25, -0.2) is 9.18 Å². The Bertz CT molecular complexity index is 1050. The second kappa shape index (κ2) is 9.81. The number of fused-ring (bicyclic) bond motifs is 1. The van der Waals surface area contributed by atoms with Crippen molar-refractivity contribution in [2.75, 3.05) is 26.4 Å². The molecule has 0 bridgehead atoms. The van der Waals surface area contributed by atoms with E-state index >= 15 is 0 Å². The SMILES string of the molecule is CCc1nn(C[C@@H](C)COC(=O)c2cc(Cl)ccc2F)c2c1C(=O)NCC1(CCOCC1)C2. The summed E-state index contributed by atoms with van der Waals surface area (Å²) in [5.41, 5.74) is 2.15. The van der Waals surface area contributed by atoms with Crippen molar-refractivity contribution in [3.63, 3.8) is 0 Å². The van der Waals surface area contributed by atoms with Crippen LogP contribution >= 0.6 is 11.6 Å². The Morgan fingerprint density at radius 1 is 1.39 bits per heavy atom. The first kappa shape index (κ1) is 23.7. The molecule has 0 radical (unpaired) electrons. The molecule has 178 valence electrons. The minimum absolute atomic E-state index is 0.0399. The zero-order valence-electron chi connectivity index (χ0n) is 19.0. The molecule has 0 saturated carbocycles. The highest BCUT2D eigenvalue weighted by Gasteiger charge is 2.39. The fraction of sp³-hybridized carbons (Fsp3) is 0.542. The van der Waals surface area contributed by atoms with Crippen molar-refractivity contribution in [2.45, 2.75) is 46.1 Å². The van der Waals surface area contributed by atoms with Gasteiger partial charge in [-0.2, -0.15) is 5.10 Å². The quantitative estimate of drug-likeness (QED) is 0.640. The molecule has 9 heteroatoms. The molecule has 2 aliphatic rings. The summed E-state index contributed by atoms with van der Waals surface area (Å²) in [4.78, 5) is 25.3. The van der Waals surface area contributed by atoms with Crippen LogP contribution in [0, 0.1) is 17.2 Å². The van der Waals surface area contributed by atoms with E-state index in [-0.39, 0.29) is 34.4 Å². The molecule has 1 saturated heterocycles. The van der Waals surface area contributed by atoms with Gasteiger partial charge in [-0.05, 0) is 49.3 Å². The largest absolute Gasteiger partial charge is 0.462 e. The van der Waals surface area contributed by atoms with Crippen molar-refractivity contribution in [3.8, 4) is 0 Å². The number of aromatic nitrogens is 2. The van der Waals surface area contributed by atoms with Gasteiger partial charge in [-0.3, -0.25) is 9.48 Å². The zero-order chi connectivity index (χ0) is 23.6. The maximum absolute atomic E-state index is 14.0. The number of esters is 1. The summed E-state index contributed by atoms with van der Waals surface area (Å²) >= 11 is 5.87. The van der Waals surface area contributed by atoms with Crippen molar-refractivity contribution in [2.24, 2.45) is 11.3 Å². The van der Waals surface area contributed by atoms with Crippen molar-refractivity contribution >= 4 is 23.5 Å². The van der Waals surface area contributed by atoms with Crippen molar-refractivity contribution < 1.29 is 23.5 Å². The van der Waals surface area contributed by atoms with E-state index in [4.69, 9.17) is 26.2 Å². The van der Waals surface area contributed by atoms with Crippen LogP contribution in [0.25, 0.3) is 0 Å². The van der Waals surface area contributed by atoms with E-state index in [1.54, 1.807) is 0 Å². The Labute approximate surface area is 197 Å². The fourth-order valence-corrected chi connectivity index (χ4v) is 4.79. The summed E-state index contributed by atoms with van der Waals surface area (Å²) in [5, 5.41) is 8.11. The van der Waals surface area contributed by atoms with Crippen molar-refractivity contribution in [1.82, 2.24) is 15.1 Å². The van der Waals surface area contributed by atoms with Crippen LogP contribution in [0.1, 0.15) is 58.8 Å². The molecule has 2 aromatic rings. The number of hydrogen-bond donors (Lipinski definition) is 1. The molecule has 1 N–H and O–H groups in total. The number of benzene rings is 1. The van der Waals surface area contributed by atoms with E-state index < -0.39 is 11.8 Å². The molecule has 2 aliphatic heterocycles. The Kier molecular flexibility index (Phi) is 7.05. The number of nitrogens with zero attached hydrogens (tertiary/aromatic N) is 2. The topological polar surface area (TPSA) is 82.5 Å². The molecule has 1 fully saturated rings. The molecule has 0 unspecified atom stereocenters. The maximum atomic E-state index is 14.0. The van der Waals surface area contributed by atoms with Gasteiger partial charge in [-0.1, -0.05) is 25.4 Å². The molecule has 1 amide bonds. The lowest BCUT2D eigenvalue weighted by molar-refractivity contribution is 0.0151. The van der Waals surface area contributed by atoms with Gasteiger partial charge >= 0.3 is 5.97 Å². The summed E-state index contributed by atoms with van der Waals surface area (Å²) in [6.45, 7) is 6.49. The molecule has 7 nitrogen and oxygen atoms in total. The van der Waals surface area contributed by atoms with Crippen LogP contribution in [0.4, 0.5) is 4.39 Å². The molecule has 3 heterocycles. The smallest absolute Gasteiger partial charge is 0.341 e. The third-order valence-electron chi connectivity index (χ3n) is 6.54. The average Bonchev–Trinajstić information content (AvgIpc) is 3.07. The third kappa shape index (κ3) is 5.06. The summed E-state index contributed by atoms with van der Waals surface area (Å²) in [6.07, 6.45) is 3.17. The molecular formula is C24H29ClFN3O4. The standard InChI is InChI=1S/C24H29ClFN3O4/c1-3-19-21-20(11-24(14-27-22(21)30)6-8-32-9-7-24)29(28-19)12-15(2)13-33-23(31)17-10-16(25)4-5-18(17)26/h4-5,10,15H,3,6-9,11-14H2,1-2H3,(H,27,30)/t15-/m1/s1. The molecule has 1 aromatic carbocycles. The van der Waals surface area contributed by atoms with Crippen LogP contribution in [-0.2, 0) is 28.9 Å². The Balaban J connectivity index is 1.50. The number of rotatable bonds is 6. The van der Waals surface area contributed by atoms with Crippen molar-refractivity contribution in [1.29, 1.82) is 0 Å². The molecule has 1 spiro atoms. The lowest BCUT2D eigenvalue weighted by Gasteiger charge is -2.36. The summed E-state index contributed by atoms with van der Waals surface area (Å²) in [5.74, 6) is -1.60. The van der Waals surface area contributed by atoms with E-state index in [2.05, 4.69) is 5.32 Å². The van der Waals surface area contributed by atoms with E-state index in [1.165, 1.54) is 12.1 Å². The molecule has 1 atom stereocenters. The summed E-state index contributed by atoms with van der Waals surface area (Å²) < 4.78 is 26.8. The van der Waals surface area contributed by atoms with Crippen LogP contribution in [0.15, 0.2) is 18.2 Å². The van der Waals surface area contributed by atoms with Crippen LogP contribution in [0.3, 0.4) is 0 Å². The number of aryl methyl sites for hydroxylation is 1. The number of nitrogens with one attached hydrogen (secondary N) is 1. The van der Waals surface area contributed by atoms with Gasteiger partial charge in [0.05, 0.1) is 29.1 Å². The predicted octanol–water partition coefficient (Wildman–Crippen LogP) is 3.81. The number of carbonyl (C=O) groups excluding carboxylic acids is 2. The highest BCUT2D eigenvalue weighted by atomic mass is 35.5. The molecular weight excluding hydrogens is 449 g/mol. The Morgan fingerprint density at radius 2 is 2.15 bits per heavy atom. The van der Waals surface area contributed by atoms with E-state index in [0.29, 0.717) is 38.3 Å². The number of hydrogen-bond acceptors (Lipinski definition) is 5. The van der Waals surface area contributed by atoms with E-state index in [9.17, 15) is 14.0 Å². The number of halogens is 2. The normalized spacial score (nSPS) is 18.4. The minimum Gasteiger partial charge on any atom is -0.462 e. The van der Waals surface area contributed by atoms with Crippen molar-refractivity contribution in [3.05, 3.63) is 51.6 Å². The molecule has 1 aromatic heterocycles. The lowest BCUT2D eigenvalue weighted by atomic mass is 9.76. The van der Waals surface area contributed by atoms with Gasteiger partial charge in [0.15, 0.2) is 0 Å².